The minimum absolute atomic E-state index is 0.372. The van der Waals surface area contributed by atoms with Gasteiger partial charge in [0.15, 0.2) is 0 Å². The minimum Gasteiger partial charge on any atom is -0.381 e. The van der Waals surface area contributed by atoms with E-state index in [0.717, 1.165) is 26.1 Å². The van der Waals surface area contributed by atoms with Gasteiger partial charge in [-0.2, -0.15) is 5.10 Å². The smallest absolute Gasteiger partial charge is 0.0534 e. The Balaban J connectivity index is 1.84. The number of aromatic amines is 1. The van der Waals surface area contributed by atoms with Gasteiger partial charge in [-0.3, -0.25) is 5.10 Å². The van der Waals surface area contributed by atoms with E-state index >= 15 is 0 Å². The zero-order chi connectivity index (χ0) is 9.80. The number of nitrogens with zero attached hydrogens (tertiary/aromatic N) is 1. The van der Waals surface area contributed by atoms with Gasteiger partial charge in [0.2, 0.25) is 0 Å². The van der Waals surface area contributed by atoms with Crippen molar-refractivity contribution in [1.82, 2.24) is 15.5 Å². The molecule has 2 rings (SSSR count). The first-order chi connectivity index (χ1) is 6.86. The van der Waals surface area contributed by atoms with Crippen LogP contribution in [0, 0.1) is 0 Å². The molecule has 1 aromatic heterocycles. The fourth-order valence-electron chi connectivity index (χ4n) is 1.81. The van der Waals surface area contributed by atoms with Crippen LogP contribution in [0.25, 0.3) is 0 Å². The summed E-state index contributed by atoms with van der Waals surface area (Å²) in [7, 11) is 0. The van der Waals surface area contributed by atoms with Crippen molar-refractivity contribution in [3.05, 3.63) is 18.0 Å². The summed E-state index contributed by atoms with van der Waals surface area (Å²) < 4.78 is 5.31. The van der Waals surface area contributed by atoms with Crippen molar-refractivity contribution in [3.8, 4) is 0 Å². The Morgan fingerprint density at radius 1 is 1.57 bits per heavy atom. The molecule has 78 valence electrons. The van der Waals surface area contributed by atoms with Crippen molar-refractivity contribution in [3.63, 3.8) is 0 Å². The molecule has 0 spiro atoms. The van der Waals surface area contributed by atoms with Crippen LogP contribution < -0.4 is 5.32 Å². The summed E-state index contributed by atoms with van der Waals surface area (Å²) in [6.07, 6.45) is 6.04. The van der Waals surface area contributed by atoms with Gasteiger partial charge in [0.1, 0.15) is 0 Å². The first-order valence-corrected chi connectivity index (χ1v) is 5.19. The van der Waals surface area contributed by atoms with Crippen LogP contribution in [0.15, 0.2) is 12.4 Å². The number of nitrogens with one attached hydrogen (secondary N) is 2. The average Bonchev–Trinajstić information content (AvgIpc) is 2.72. The van der Waals surface area contributed by atoms with Gasteiger partial charge in [0.05, 0.1) is 6.20 Å². The van der Waals surface area contributed by atoms with Crippen LogP contribution in [0.5, 0.6) is 0 Å². The molecule has 1 aromatic rings. The van der Waals surface area contributed by atoms with Crippen LogP contribution in [-0.4, -0.2) is 29.5 Å². The predicted octanol–water partition coefficient (Wildman–Crippen LogP) is 1.24. The van der Waals surface area contributed by atoms with Crippen molar-refractivity contribution >= 4 is 0 Å². The Kier molecular flexibility index (Phi) is 3.16. The maximum Gasteiger partial charge on any atom is 0.0534 e. The lowest BCUT2D eigenvalue weighted by Gasteiger charge is -2.26. The molecule has 0 bridgehead atoms. The normalized spacial score (nSPS) is 20.9. The fourth-order valence-corrected chi connectivity index (χ4v) is 1.81. The molecule has 4 nitrogen and oxygen atoms in total. The Hall–Kier alpha value is -0.870. The fraction of sp³-hybridized carbons (Fsp3) is 0.700. The molecule has 2 heterocycles. The lowest BCUT2D eigenvalue weighted by atomic mass is 10.1. The Morgan fingerprint density at radius 3 is 3.00 bits per heavy atom. The molecule has 1 unspecified atom stereocenters. The summed E-state index contributed by atoms with van der Waals surface area (Å²) in [5.74, 6) is 0. The largest absolute Gasteiger partial charge is 0.381 e. The van der Waals surface area contributed by atoms with Crippen LogP contribution in [-0.2, 0) is 4.74 Å². The molecule has 2 N–H and O–H groups in total. The summed E-state index contributed by atoms with van der Waals surface area (Å²) in [5, 5.41) is 10.4. The maximum atomic E-state index is 5.31. The summed E-state index contributed by atoms with van der Waals surface area (Å²) in [4.78, 5) is 0. The van der Waals surface area contributed by atoms with Gasteiger partial charge in [0.25, 0.3) is 0 Å². The first kappa shape index (κ1) is 9.68. The highest BCUT2D eigenvalue weighted by Crippen LogP contribution is 2.14. The third-order valence-electron chi connectivity index (χ3n) is 2.73. The van der Waals surface area contributed by atoms with E-state index in [4.69, 9.17) is 4.74 Å². The van der Waals surface area contributed by atoms with E-state index in [1.165, 1.54) is 5.56 Å². The second-order valence-corrected chi connectivity index (χ2v) is 3.81. The number of H-pyrrole nitrogens is 1. The Bertz CT molecular complexity index is 254. The Labute approximate surface area is 84.0 Å². The molecule has 14 heavy (non-hydrogen) atoms. The number of hydrogen-bond donors (Lipinski definition) is 2. The van der Waals surface area contributed by atoms with Crippen LogP contribution in [0.2, 0.25) is 0 Å². The van der Waals surface area contributed by atoms with Crippen LogP contribution in [0.1, 0.15) is 31.4 Å². The van der Waals surface area contributed by atoms with E-state index in [9.17, 15) is 0 Å². The van der Waals surface area contributed by atoms with Gasteiger partial charge in [-0.05, 0) is 19.8 Å². The van der Waals surface area contributed by atoms with E-state index in [1.54, 1.807) is 0 Å². The molecule has 4 heteroatoms. The highest BCUT2D eigenvalue weighted by atomic mass is 16.5. The highest BCUT2D eigenvalue weighted by Gasteiger charge is 2.16. The molecule has 0 saturated carbocycles. The second kappa shape index (κ2) is 4.57. The molecule has 1 aliphatic rings. The monoisotopic (exact) mass is 195 g/mol. The standard InChI is InChI=1S/C10H17N3O/c1-8(9-6-11-12-7-9)13-10-2-4-14-5-3-10/h6-8,10,13H,2-5H2,1H3,(H,11,12). The van der Waals surface area contributed by atoms with Gasteiger partial charge in [0, 0.05) is 37.1 Å². The van der Waals surface area contributed by atoms with Crippen molar-refractivity contribution < 1.29 is 4.74 Å². The molecule has 0 aromatic carbocycles. The summed E-state index contributed by atoms with van der Waals surface area (Å²) in [6.45, 7) is 3.94. The zero-order valence-corrected chi connectivity index (χ0v) is 8.49. The quantitative estimate of drug-likeness (QED) is 0.763. The topological polar surface area (TPSA) is 49.9 Å². The molecule has 1 atom stereocenters. The molecule has 1 saturated heterocycles. The van der Waals surface area contributed by atoms with E-state index in [-0.39, 0.29) is 0 Å². The number of rotatable bonds is 3. The van der Waals surface area contributed by atoms with Gasteiger partial charge in [-0.25, -0.2) is 0 Å². The summed E-state index contributed by atoms with van der Waals surface area (Å²) >= 11 is 0. The lowest BCUT2D eigenvalue weighted by molar-refractivity contribution is 0.0754. The van der Waals surface area contributed by atoms with Crippen LogP contribution in [0.4, 0.5) is 0 Å². The minimum atomic E-state index is 0.372. The van der Waals surface area contributed by atoms with Gasteiger partial charge >= 0.3 is 0 Å². The zero-order valence-electron chi connectivity index (χ0n) is 8.49. The average molecular weight is 195 g/mol. The van der Waals surface area contributed by atoms with E-state index in [0.29, 0.717) is 12.1 Å². The van der Waals surface area contributed by atoms with Gasteiger partial charge in [-0.1, -0.05) is 0 Å². The van der Waals surface area contributed by atoms with Crippen LogP contribution >= 0.6 is 0 Å². The molecular weight excluding hydrogens is 178 g/mol. The van der Waals surface area contributed by atoms with E-state index in [2.05, 4.69) is 22.4 Å². The molecule has 1 fully saturated rings. The predicted molar refractivity (Wildman–Crippen MR) is 54.0 cm³/mol. The molecule has 1 aliphatic heterocycles. The van der Waals surface area contributed by atoms with E-state index < -0.39 is 0 Å². The third kappa shape index (κ3) is 2.33. The van der Waals surface area contributed by atoms with Gasteiger partial charge in [-0.15, -0.1) is 0 Å². The Morgan fingerprint density at radius 2 is 2.36 bits per heavy atom. The molecule has 0 aliphatic carbocycles. The summed E-state index contributed by atoms with van der Waals surface area (Å²) in [5.41, 5.74) is 1.22. The molecule has 0 radical (unpaired) electrons. The van der Waals surface area contributed by atoms with E-state index in [1.807, 2.05) is 12.4 Å². The number of hydrogen-bond acceptors (Lipinski definition) is 3. The second-order valence-electron chi connectivity index (χ2n) is 3.81. The van der Waals surface area contributed by atoms with Crippen molar-refractivity contribution in [1.29, 1.82) is 0 Å². The maximum absolute atomic E-state index is 5.31. The number of aromatic nitrogens is 2. The van der Waals surface area contributed by atoms with Gasteiger partial charge < -0.3 is 10.1 Å². The van der Waals surface area contributed by atoms with Crippen molar-refractivity contribution in [2.24, 2.45) is 0 Å². The van der Waals surface area contributed by atoms with Crippen molar-refractivity contribution in [2.75, 3.05) is 13.2 Å². The van der Waals surface area contributed by atoms with Crippen LogP contribution in [0.3, 0.4) is 0 Å². The molecular formula is C10H17N3O. The lowest BCUT2D eigenvalue weighted by Crippen LogP contribution is -2.36. The van der Waals surface area contributed by atoms with Crippen molar-refractivity contribution in [2.45, 2.75) is 31.8 Å². The SMILES string of the molecule is CC(NC1CCOCC1)c1cn[nH]c1. The third-order valence-corrected chi connectivity index (χ3v) is 2.73. The first-order valence-electron chi connectivity index (χ1n) is 5.19. The summed E-state index contributed by atoms with van der Waals surface area (Å²) in [6, 6.07) is 0.963. The highest BCUT2D eigenvalue weighted by molar-refractivity contribution is 5.08. The molecule has 0 amide bonds. The number of ether oxygens (including phenoxy) is 1.